The van der Waals surface area contributed by atoms with Crippen LogP contribution in [-0.4, -0.2) is 49.4 Å². The second-order valence-corrected chi connectivity index (χ2v) is 25.6. The molecule has 18 rings (SSSR count). The van der Waals surface area contributed by atoms with E-state index >= 15 is 0 Å². The molecule has 0 fully saturated rings. The van der Waals surface area contributed by atoms with E-state index in [2.05, 4.69) is 241 Å². The second kappa shape index (κ2) is 41.5. The Bertz CT molecular complexity index is 5650. The molecule has 0 aliphatic heterocycles. The number of imidazole rings is 2. The number of alkyl halides is 3. The third-order valence-electron chi connectivity index (χ3n) is 17.7. The fourth-order valence-electron chi connectivity index (χ4n) is 12.2. The summed E-state index contributed by atoms with van der Waals surface area (Å²) < 4.78 is 42.1. The number of para-hydroxylation sites is 3. The molecule has 582 valence electrons. The molecule has 0 N–H and O–H groups in total. The molecule has 18 aromatic rings. The van der Waals surface area contributed by atoms with E-state index in [1.165, 1.54) is 44.5 Å². The molecule has 19 heteroatoms. The van der Waals surface area contributed by atoms with Gasteiger partial charge in [0.1, 0.15) is 5.82 Å². The van der Waals surface area contributed by atoms with Crippen LogP contribution in [-0.2, 0) is 69.4 Å². The number of hydrogen-bond donors (Lipinski definition) is 0. The van der Waals surface area contributed by atoms with Gasteiger partial charge in [0.05, 0.1) is 18.1 Å². The van der Waals surface area contributed by atoms with Crippen LogP contribution in [0.2, 0.25) is 0 Å². The van der Waals surface area contributed by atoms with E-state index in [1.807, 2.05) is 206 Å². The average Bonchev–Trinajstić information content (AvgIpc) is 1.48. The van der Waals surface area contributed by atoms with Gasteiger partial charge in [0.15, 0.2) is 0 Å². The molecule has 0 saturated carbocycles. The van der Waals surface area contributed by atoms with Gasteiger partial charge in [0.2, 0.25) is 0 Å². The maximum absolute atomic E-state index is 12.1. The van der Waals surface area contributed by atoms with Crippen molar-refractivity contribution in [2.75, 3.05) is 0 Å². The summed E-state index contributed by atoms with van der Waals surface area (Å²) in [5, 5.41) is 19.9. The molecule has 0 spiro atoms. The topological polar surface area (TPSA) is 147 Å². The maximum atomic E-state index is 12.1. The van der Waals surface area contributed by atoms with Gasteiger partial charge < -0.3 is 30.0 Å². The van der Waals surface area contributed by atoms with Crippen molar-refractivity contribution in [1.29, 1.82) is 0 Å². The Labute approximate surface area is 711 Å². The van der Waals surface area contributed by atoms with E-state index in [4.69, 9.17) is 5.10 Å². The van der Waals surface area contributed by atoms with E-state index in [0.29, 0.717) is 5.56 Å². The summed E-state index contributed by atoms with van der Waals surface area (Å²) in [6.45, 7) is 11.9. The molecule has 6 heterocycles. The van der Waals surface area contributed by atoms with Crippen LogP contribution in [0.15, 0.2) is 334 Å². The minimum Gasteiger partial charge on any atom is -0.486 e. The predicted molar refractivity (Wildman–Crippen MR) is 437 cm³/mol. The molecular formula is C96H73F3N13Pt3-9. The monoisotopic (exact) mass is 2050 g/mol. The Kier molecular flexibility index (Phi) is 30.7. The predicted octanol–water partition coefficient (Wildman–Crippen LogP) is 21.8. The molecule has 0 radical (unpaired) electrons. The second-order valence-electron chi connectivity index (χ2n) is 25.6. The summed E-state index contributed by atoms with van der Waals surface area (Å²) in [6.07, 6.45) is 3.28. The molecule has 0 atom stereocenters. The minimum atomic E-state index is -4.56. The smallest absolute Gasteiger partial charge is 0.429 e. The average molecular weight is 2050 g/mol. The number of rotatable bonds is 12. The van der Waals surface area contributed by atoms with Crippen molar-refractivity contribution in [3.63, 3.8) is 0 Å². The first kappa shape index (κ1) is 85.1. The van der Waals surface area contributed by atoms with Crippen molar-refractivity contribution in [1.82, 2.24) is 64.5 Å². The number of aryl methyl sites for hydroxylation is 5. The Morgan fingerprint density at radius 1 is 0.322 bits per heavy atom. The summed E-state index contributed by atoms with van der Waals surface area (Å²) in [7, 11) is 0. The fourth-order valence-corrected chi connectivity index (χ4v) is 12.2. The minimum absolute atomic E-state index is 0. The quantitative estimate of drug-likeness (QED) is 0.108. The van der Waals surface area contributed by atoms with Crippen molar-refractivity contribution in [3.8, 4) is 118 Å². The van der Waals surface area contributed by atoms with Gasteiger partial charge in [-0.3, -0.25) is 19.1 Å². The number of benzene rings is 12. The van der Waals surface area contributed by atoms with Gasteiger partial charge >= 0.3 is 6.18 Å². The Morgan fingerprint density at radius 3 is 0.965 bits per heavy atom. The SMILES string of the molecule is Cc1nc(C)c(-c2[c-]cccc2)[n-]1.Cc1nc(C)c(-c2[c-]cccc2)[n-]1.Cc1nn(-c2[c-]cccc2)c(C)c1-c1ccc(-c2ccccc2)cc1.FC(F)(F)c1n[n-]c(-c2[c-]cccc2)n1.[Pt].[Pt].[Pt].[c-]1ccccc1-n1cc(-c2ccc(-c3ccccc3)cc2)cn1.[c-]1ccccc1-n1cc(-c2ccc(-c3ccccc3)cc2)cn1. The van der Waals surface area contributed by atoms with Crippen LogP contribution in [0.4, 0.5) is 13.2 Å². The van der Waals surface area contributed by atoms with Gasteiger partial charge in [-0.15, -0.1) is 149 Å². The molecule has 0 unspecified atom stereocenters. The summed E-state index contributed by atoms with van der Waals surface area (Å²) in [4.78, 5) is 20.5. The van der Waals surface area contributed by atoms with Crippen LogP contribution in [0.1, 0.15) is 40.2 Å². The van der Waals surface area contributed by atoms with Crippen molar-refractivity contribution in [2.45, 2.75) is 47.7 Å². The normalized spacial score (nSPS) is 10.4. The number of halogens is 3. The fraction of sp³-hybridized carbons (Fsp3) is 0.0729. The third-order valence-corrected chi connectivity index (χ3v) is 17.7. The largest absolute Gasteiger partial charge is 0.486 e. The molecule has 12 aromatic carbocycles. The van der Waals surface area contributed by atoms with Crippen LogP contribution in [0.3, 0.4) is 0 Å². The van der Waals surface area contributed by atoms with Crippen molar-refractivity contribution in [3.05, 3.63) is 411 Å². The summed E-state index contributed by atoms with van der Waals surface area (Å²) in [6, 6.07) is 121. The van der Waals surface area contributed by atoms with E-state index in [-0.39, 0.29) is 69.0 Å². The third kappa shape index (κ3) is 22.8. The molecule has 6 aromatic heterocycles. The Balaban J connectivity index is 0.000000148. The van der Waals surface area contributed by atoms with Crippen LogP contribution >= 0.6 is 0 Å². The van der Waals surface area contributed by atoms with Gasteiger partial charge in [0, 0.05) is 98.0 Å². The number of aromatic nitrogens is 13. The first-order valence-electron chi connectivity index (χ1n) is 36.0. The standard InChI is InChI=1S/C23H19N2.2C21H15N2.2C11H10N2.C9H4F3N3.3Pt/c1-17-23(18(2)25(24-17)22-11-7-4-8-12-22)21-15-13-20(14-16-21)19-9-5-3-6-10-19;2*1-3-7-17(8-4-1)18-11-13-19(14-12-18)20-15-22-23(16-20)21-9-5-2-6-10-21;2*1-8-11(13-9(2)12-8)10-6-4-3-5-7-10;10-9(11,12)8-13-7(14-15-8)6-4-2-1-3-5-6;;;/h3-11,13-16H,1-2H3;2*1-9,11-16H;2*3-6H,1-2H3;1-4H;;;/q3*-1;3*-2;;;. The molecule has 0 aliphatic rings. The zero-order valence-corrected chi connectivity index (χ0v) is 70.0. The summed E-state index contributed by atoms with van der Waals surface area (Å²) in [5.41, 5.74) is 25.5. The van der Waals surface area contributed by atoms with Gasteiger partial charge in [-0.25, -0.2) is 0 Å². The van der Waals surface area contributed by atoms with Crippen LogP contribution < -0.4 is 15.1 Å². The van der Waals surface area contributed by atoms with Crippen LogP contribution in [0, 0.1) is 77.9 Å². The molecular weight excluding hydrogens is 1980 g/mol. The molecule has 13 nitrogen and oxygen atoms in total. The first-order valence-corrected chi connectivity index (χ1v) is 36.0. The maximum Gasteiger partial charge on any atom is 0.429 e. The van der Waals surface area contributed by atoms with E-state index in [0.717, 1.165) is 96.3 Å². The van der Waals surface area contributed by atoms with E-state index in [1.54, 1.807) is 24.3 Å². The van der Waals surface area contributed by atoms with Crippen molar-refractivity contribution >= 4 is 0 Å². The van der Waals surface area contributed by atoms with E-state index in [9.17, 15) is 13.2 Å². The zero-order valence-electron chi connectivity index (χ0n) is 63.2. The molecule has 0 aliphatic carbocycles. The molecule has 0 saturated heterocycles. The van der Waals surface area contributed by atoms with Gasteiger partial charge in [-0.1, -0.05) is 189 Å². The molecule has 115 heavy (non-hydrogen) atoms. The number of hydrogen-bond acceptors (Lipinski definition) is 7. The summed E-state index contributed by atoms with van der Waals surface area (Å²) in [5.74, 6) is 0.354. The van der Waals surface area contributed by atoms with Gasteiger partial charge in [0.25, 0.3) is 0 Å². The first-order chi connectivity index (χ1) is 54.6. The number of nitrogens with zero attached hydrogens (tertiary/aromatic N) is 13. The summed E-state index contributed by atoms with van der Waals surface area (Å²) >= 11 is 0. The van der Waals surface area contributed by atoms with E-state index < -0.39 is 12.0 Å². The van der Waals surface area contributed by atoms with Gasteiger partial charge in [-0.05, 0) is 94.8 Å². The Hall–Kier alpha value is -12.3. The van der Waals surface area contributed by atoms with Crippen LogP contribution in [0.5, 0.6) is 0 Å². The Morgan fingerprint density at radius 2 is 0.643 bits per heavy atom. The molecule has 0 bridgehead atoms. The molecule has 0 amide bonds. The zero-order chi connectivity index (χ0) is 77.6. The van der Waals surface area contributed by atoms with Gasteiger partial charge in [-0.2, -0.15) is 107 Å². The van der Waals surface area contributed by atoms with Crippen molar-refractivity contribution in [2.24, 2.45) is 0 Å². The van der Waals surface area contributed by atoms with Crippen LogP contribution in [0.25, 0.3) is 118 Å². The van der Waals surface area contributed by atoms with Crippen molar-refractivity contribution < 1.29 is 76.4 Å².